The molecule has 0 fully saturated rings. The van der Waals surface area contributed by atoms with Gasteiger partial charge in [-0.25, -0.2) is 4.98 Å². The molecule has 0 aliphatic rings. The number of carbonyl (C=O) groups excluding carboxylic acids is 1. The van der Waals surface area contributed by atoms with Crippen LogP contribution in [0.4, 0.5) is 0 Å². The standard InChI is InChI=1S/C19H20N2OS2/c1-14-7-9-15(10-8-14)12-23-13-19(22)21(2)11-18-20-16-5-3-4-6-17(16)24-18/h3-10H,11-13H2,1-2H3. The average molecular weight is 357 g/mol. The van der Waals surface area contributed by atoms with E-state index in [9.17, 15) is 4.79 Å². The highest BCUT2D eigenvalue weighted by Crippen LogP contribution is 2.22. The molecule has 0 unspecified atom stereocenters. The first-order valence-electron chi connectivity index (χ1n) is 7.83. The smallest absolute Gasteiger partial charge is 0.232 e. The van der Waals surface area contributed by atoms with Gasteiger partial charge in [-0.05, 0) is 24.6 Å². The van der Waals surface area contributed by atoms with Crippen molar-refractivity contribution in [2.45, 2.75) is 19.2 Å². The third kappa shape index (κ3) is 4.36. The molecule has 0 bridgehead atoms. The lowest BCUT2D eigenvalue weighted by molar-refractivity contribution is -0.127. The molecule has 0 saturated carbocycles. The molecule has 0 N–H and O–H groups in total. The summed E-state index contributed by atoms with van der Waals surface area (Å²) in [5, 5.41) is 0.982. The fourth-order valence-electron chi connectivity index (χ4n) is 2.33. The second kappa shape index (κ2) is 7.81. The molecule has 3 rings (SSSR count). The maximum absolute atomic E-state index is 12.3. The fraction of sp³-hybridized carbons (Fsp3) is 0.263. The summed E-state index contributed by atoms with van der Waals surface area (Å²) in [5.74, 6) is 1.50. The molecule has 0 aliphatic carbocycles. The Hall–Kier alpha value is -1.85. The first-order valence-corrected chi connectivity index (χ1v) is 9.80. The first kappa shape index (κ1) is 17.0. The third-order valence-electron chi connectivity index (χ3n) is 3.75. The zero-order chi connectivity index (χ0) is 16.9. The summed E-state index contributed by atoms with van der Waals surface area (Å²) in [4.78, 5) is 18.6. The van der Waals surface area contributed by atoms with Crippen LogP contribution in [0.3, 0.4) is 0 Å². The van der Waals surface area contributed by atoms with E-state index in [1.165, 1.54) is 15.8 Å². The number of hydrogen-bond donors (Lipinski definition) is 0. The molecule has 5 heteroatoms. The Bertz CT molecular complexity index is 794. The number of thioether (sulfide) groups is 1. The number of thiazole rings is 1. The number of carbonyl (C=O) groups is 1. The molecule has 124 valence electrons. The summed E-state index contributed by atoms with van der Waals surface area (Å²) < 4.78 is 1.17. The van der Waals surface area contributed by atoms with E-state index in [4.69, 9.17) is 0 Å². The monoisotopic (exact) mass is 356 g/mol. The second-order valence-electron chi connectivity index (χ2n) is 5.80. The summed E-state index contributed by atoms with van der Waals surface area (Å²) in [6.07, 6.45) is 0. The Morgan fingerprint density at radius 1 is 1.17 bits per heavy atom. The number of nitrogens with zero attached hydrogens (tertiary/aromatic N) is 2. The summed E-state index contributed by atoms with van der Waals surface area (Å²) in [7, 11) is 1.85. The van der Waals surface area contributed by atoms with Gasteiger partial charge in [0, 0.05) is 12.8 Å². The Kier molecular flexibility index (Phi) is 5.53. The second-order valence-corrected chi connectivity index (χ2v) is 7.90. The van der Waals surface area contributed by atoms with Gasteiger partial charge in [0.15, 0.2) is 0 Å². The fourth-order valence-corrected chi connectivity index (χ4v) is 4.28. The van der Waals surface area contributed by atoms with Gasteiger partial charge in [-0.2, -0.15) is 0 Å². The molecule has 3 aromatic rings. The number of benzene rings is 2. The maximum Gasteiger partial charge on any atom is 0.232 e. The molecule has 1 heterocycles. The van der Waals surface area contributed by atoms with E-state index in [0.717, 1.165) is 16.3 Å². The summed E-state index contributed by atoms with van der Waals surface area (Å²) in [6.45, 7) is 2.65. The highest BCUT2D eigenvalue weighted by Gasteiger charge is 2.12. The van der Waals surface area contributed by atoms with Crippen molar-refractivity contribution >= 4 is 39.2 Å². The number of para-hydroxylation sites is 1. The van der Waals surface area contributed by atoms with Gasteiger partial charge in [0.1, 0.15) is 5.01 Å². The first-order chi connectivity index (χ1) is 11.6. The van der Waals surface area contributed by atoms with E-state index in [2.05, 4.69) is 42.2 Å². The van der Waals surface area contributed by atoms with Crippen LogP contribution in [0.15, 0.2) is 48.5 Å². The van der Waals surface area contributed by atoms with Gasteiger partial charge in [0.25, 0.3) is 0 Å². The molecular weight excluding hydrogens is 336 g/mol. The Morgan fingerprint density at radius 3 is 2.67 bits per heavy atom. The molecule has 24 heavy (non-hydrogen) atoms. The van der Waals surface area contributed by atoms with Crippen LogP contribution in [0.2, 0.25) is 0 Å². The van der Waals surface area contributed by atoms with Crippen LogP contribution >= 0.6 is 23.1 Å². The Balaban J connectivity index is 1.50. The predicted molar refractivity (Wildman–Crippen MR) is 103 cm³/mol. The van der Waals surface area contributed by atoms with E-state index in [-0.39, 0.29) is 5.91 Å². The van der Waals surface area contributed by atoms with Crippen molar-refractivity contribution in [3.63, 3.8) is 0 Å². The molecule has 1 aromatic heterocycles. The van der Waals surface area contributed by atoms with E-state index in [0.29, 0.717) is 12.3 Å². The minimum Gasteiger partial charge on any atom is -0.338 e. The number of hydrogen-bond acceptors (Lipinski definition) is 4. The molecule has 0 radical (unpaired) electrons. The van der Waals surface area contributed by atoms with Crippen molar-refractivity contribution in [1.29, 1.82) is 0 Å². The van der Waals surface area contributed by atoms with E-state index in [1.54, 1.807) is 28.0 Å². The van der Waals surface area contributed by atoms with Crippen LogP contribution < -0.4 is 0 Å². The molecule has 0 aliphatic heterocycles. The Labute approximate surface area is 150 Å². The van der Waals surface area contributed by atoms with E-state index in [1.807, 2.05) is 25.2 Å². The normalized spacial score (nSPS) is 10.9. The predicted octanol–water partition coefficient (Wildman–Crippen LogP) is 4.50. The molecule has 1 amide bonds. The molecular formula is C19H20N2OS2. The lowest BCUT2D eigenvalue weighted by Gasteiger charge is -2.15. The van der Waals surface area contributed by atoms with Crippen LogP contribution in [-0.2, 0) is 17.1 Å². The molecule has 2 aromatic carbocycles. The van der Waals surface area contributed by atoms with Crippen LogP contribution in [0, 0.1) is 6.92 Å². The summed E-state index contributed by atoms with van der Waals surface area (Å²) in [6, 6.07) is 16.5. The largest absolute Gasteiger partial charge is 0.338 e. The number of aryl methyl sites for hydroxylation is 1. The van der Waals surface area contributed by atoms with Crippen LogP contribution in [-0.4, -0.2) is 28.6 Å². The minimum atomic E-state index is 0.145. The van der Waals surface area contributed by atoms with Crippen LogP contribution in [0.1, 0.15) is 16.1 Å². The lowest BCUT2D eigenvalue weighted by Crippen LogP contribution is -2.27. The van der Waals surface area contributed by atoms with Crippen LogP contribution in [0.25, 0.3) is 10.2 Å². The number of fused-ring (bicyclic) bond motifs is 1. The van der Waals surface area contributed by atoms with Gasteiger partial charge < -0.3 is 4.90 Å². The van der Waals surface area contributed by atoms with Crippen molar-refractivity contribution in [3.8, 4) is 0 Å². The van der Waals surface area contributed by atoms with Crippen LogP contribution in [0.5, 0.6) is 0 Å². The van der Waals surface area contributed by atoms with Crippen molar-refractivity contribution in [3.05, 3.63) is 64.7 Å². The van der Waals surface area contributed by atoms with E-state index >= 15 is 0 Å². The van der Waals surface area contributed by atoms with Gasteiger partial charge >= 0.3 is 0 Å². The Morgan fingerprint density at radius 2 is 1.92 bits per heavy atom. The third-order valence-corrected chi connectivity index (χ3v) is 5.76. The SMILES string of the molecule is Cc1ccc(CSCC(=O)N(C)Cc2nc3ccccc3s2)cc1. The quantitative estimate of drug-likeness (QED) is 0.652. The number of aromatic nitrogens is 1. The molecule has 0 spiro atoms. The van der Waals surface area contributed by atoms with Crippen molar-refractivity contribution in [1.82, 2.24) is 9.88 Å². The summed E-state index contributed by atoms with van der Waals surface area (Å²) in [5.41, 5.74) is 3.52. The van der Waals surface area contributed by atoms with Gasteiger partial charge in [-0.1, -0.05) is 42.0 Å². The lowest BCUT2D eigenvalue weighted by atomic mass is 10.2. The number of rotatable bonds is 6. The highest BCUT2D eigenvalue weighted by molar-refractivity contribution is 7.99. The van der Waals surface area contributed by atoms with Crippen molar-refractivity contribution < 1.29 is 4.79 Å². The van der Waals surface area contributed by atoms with Crippen molar-refractivity contribution in [2.75, 3.05) is 12.8 Å². The molecule has 0 saturated heterocycles. The molecule has 0 atom stereocenters. The minimum absolute atomic E-state index is 0.145. The van der Waals surface area contributed by atoms with Gasteiger partial charge in [-0.3, -0.25) is 4.79 Å². The molecule has 3 nitrogen and oxygen atoms in total. The van der Waals surface area contributed by atoms with Gasteiger partial charge in [-0.15, -0.1) is 23.1 Å². The van der Waals surface area contributed by atoms with E-state index < -0.39 is 0 Å². The number of amides is 1. The van der Waals surface area contributed by atoms with Gasteiger partial charge in [0.05, 0.1) is 22.5 Å². The maximum atomic E-state index is 12.3. The zero-order valence-electron chi connectivity index (χ0n) is 13.9. The summed E-state index contributed by atoms with van der Waals surface area (Å²) >= 11 is 3.31. The topological polar surface area (TPSA) is 33.2 Å². The zero-order valence-corrected chi connectivity index (χ0v) is 15.5. The van der Waals surface area contributed by atoms with Crippen molar-refractivity contribution in [2.24, 2.45) is 0 Å². The van der Waals surface area contributed by atoms with Gasteiger partial charge in [0.2, 0.25) is 5.91 Å². The average Bonchev–Trinajstić information content (AvgIpc) is 2.98. The highest BCUT2D eigenvalue weighted by atomic mass is 32.2.